The van der Waals surface area contributed by atoms with Gasteiger partial charge in [0.2, 0.25) is 0 Å². The summed E-state index contributed by atoms with van der Waals surface area (Å²) in [7, 11) is -3.88. The summed E-state index contributed by atoms with van der Waals surface area (Å²) in [5, 5.41) is 4.43. The van der Waals surface area contributed by atoms with Gasteiger partial charge in [-0.15, -0.1) is 0 Å². The Morgan fingerprint density at radius 1 is 0.500 bits per heavy atom. The summed E-state index contributed by atoms with van der Waals surface area (Å²) in [5.41, 5.74) is 1.05. The predicted octanol–water partition coefficient (Wildman–Crippen LogP) is 7.26. The predicted molar refractivity (Wildman–Crippen MR) is 157 cm³/mol. The van der Waals surface area contributed by atoms with Gasteiger partial charge >= 0.3 is 0 Å². The molecule has 0 aromatic heterocycles. The summed E-state index contributed by atoms with van der Waals surface area (Å²) < 4.78 is 15.7. The Bertz CT molecular complexity index is 1320. The second-order valence-corrected chi connectivity index (χ2v) is 14.5. The van der Waals surface area contributed by atoms with Crippen molar-refractivity contribution in [1.29, 1.82) is 0 Å². The highest BCUT2D eigenvalue weighted by molar-refractivity contribution is 7.81. The Hall–Kier alpha value is -3.24. The van der Waals surface area contributed by atoms with E-state index < -0.39 is 15.1 Å². The lowest BCUT2D eigenvalue weighted by Crippen LogP contribution is -2.30. The quantitative estimate of drug-likeness (QED) is 0.203. The largest absolute Gasteiger partial charge is 0.313 e. The highest BCUT2D eigenvalue weighted by Crippen LogP contribution is 2.64. The van der Waals surface area contributed by atoms with Crippen LogP contribution < -0.4 is 21.2 Å². The summed E-state index contributed by atoms with van der Waals surface area (Å²) in [4.78, 5) is 0. The van der Waals surface area contributed by atoms with E-state index in [9.17, 15) is 0 Å². The summed E-state index contributed by atoms with van der Waals surface area (Å²) in [6.45, 7) is 2.31. The summed E-state index contributed by atoms with van der Waals surface area (Å²) in [6, 6.07) is 52.2. The smallest absolute Gasteiger partial charge is 0.150 e. The SMILES string of the molecule is C[C@@H]([C@H](c1ccccc1)P(=O)(c1ccccc1)c1ccccc1)P(c1ccccc1)c1ccccc1. The molecule has 0 fully saturated rings. The molecule has 5 aromatic rings. The molecule has 5 aromatic carbocycles. The Labute approximate surface area is 216 Å². The lowest BCUT2D eigenvalue weighted by Gasteiger charge is -2.38. The second kappa shape index (κ2) is 11.2. The zero-order valence-corrected chi connectivity index (χ0v) is 22.2. The number of hydrogen-bond acceptors (Lipinski definition) is 1. The molecule has 0 aliphatic carbocycles. The number of hydrogen-bond donors (Lipinski definition) is 0. The molecule has 1 nitrogen and oxygen atoms in total. The van der Waals surface area contributed by atoms with Crippen molar-refractivity contribution >= 4 is 36.3 Å². The van der Waals surface area contributed by atoms with Crippen LogP contribution in [0.1, 0.15) is 18.1 Å². The van der Waals surface area contributed by atoms with Crippen LogP contribution in [0.4, 0.5) is 0 Å². The highest BCUT2D eigenvalue weighted by Gasteiger charge is 2.43. The van der Waals surface area contributed by atoms with Crippen molar-refractivity contribution < 1.29 is 4.57 Å². The number of rotatable bonds is 8. The van der Waals surface area contributed by atoms with E-state index in [4.69, 9.17) is 0 Å². The van der Waals surface area contributed by atoms with Crippen molar-refractivity contribution in [3.63, 3.8) is 0 Å². The molecule has 0 spiro atoms. The van der Waals surface area contributed by atoms with Gasteiger partial charge in [-0.05, 0) is 29.8 Å². The molecule has 0 radical (unpaired) electrons. The standard InChI is InChI=1S/C33H30OP2/c1-27(35(29-19-9-3-10-20-29)30-21-11-4-12-22-30)33(28-17-7-2-8-18-28)36(34,31-23-13-5-14-24-31)32-25-15-6-16-26-32/h2-27,33H,1H3/t27-,33+/m0/s1. The van der Waals surface area contributed by atoms with E-state index in [-0.39, 0.29) is 11.3 Å². The molecule has 0 unspecified atom stereocenters. The molecule has 2 atom stereocenters. The van der Waals surface area contributed by atoms with E-state index in [1.54, 1.807) is 0 Å². The van der Waals surface area contributed by atoms with Gasteiger partial charge in [-0.25, -0.2) is 0 Å². The topological polar surface area (TPSA) is 17.1 Å². The van der Waals surface area contributed by atoms with Crippen LogP contribution in [0.25, 0.3) is 0 Å². The van der Waals surface area contributed by atoms with E-state index in [1.807, 2.05) is 66.7 Å². The maximum Gasteiger partial charge on any atom is 0.150 e. The number of benzene rings is 5. The van der Waals surface area contributed by atoms with Gasteiger partial charge in [-0.1, -0.05) is 159 Å². The van der Waals surface area contributed by atoms with Crippen molar-refractivity contribution in [3.05, 3.63) is 157 Å². The van der Waals surface area contributed by atoms with Crippen LogP contribution in [0.5, 0.6) is 0 Å². The fourth-order valence-electron chi connectivity index (χ4n) is 5.15. The molecule has 5 rings (SSSR count). The minimum Gasteiger partial charge on any atom is -0.313 e. The lowest BCUT2D eigenvalue weighted by molar-refractivity contribution is 0.577. The van der Waals surface area contributed by atoms with Crippen molar-refractivity contribution in [2.45, 2.75) is 18.2 Å². The van der Waals surface area contributed by atoms with Crippen LogP contribution in [0.2, 0.25) is 0 Å². The van der Waals surface area contributed by atoms with Crippen molar-refractivity contribution in [3.8, 4) is 0 Å². The van der Waals surface area contributed by atoms with Gasteiger partial charge in [-0.3, -0.25) is 0 Å². The lowest BCUT2D eigenvalue weighted by atomic mass is 10.1. The molecule has 0 saturated heterocycles. The van der Waals surface area contributed by atoms with Gasteiger partial charge in [0.25, 0.3) is 0 Å². The summed E-state index contributed by atoms with van der Waals surface area (Å²) in [5.74, 6) is 0. The van der Waals surface area contributed by atoms with Gasteiger partial charge in [-0.2, -0.15) is 0 Å². The molecule has 3 heteroatoms. The first-order valence-corrected chi connectivity index (χ1v) is 15.5. The average Bonchev–Trinajstić information content (AvgIpc) is 2.96. The van der Waals surface area contributed by atoms with Gasteiger partial charge < -0.3 is 4.57 Å². The maximum atomic E-state index is 15.7. The Kier molecular flexibility index (Phi) is 7.62. The van der Waals surface area contributed by atoms with E-state index in [0.29, 0.717) is 0 Å². The second-order valence-electron chi connectivity index (χ2n) is 8.97. The zero-order chi connectivity index (χ0) is 24.8. The van der Waals surface area contributed by atoms with Crippen LogP contribution >= 0.6 is 15.1 Å². The minimum absolute atomic E-state index is 0.110. The van der Waals surface area contributed by atoms with Gasteiger partial charge in [0.05, 0.1) is 5.66 Å². The first-order chi connectivity index (χ1) is 17.7. The molecular formula is C33H30OP2. The summed E-state index contributed by atoms with van der Waals surface area (Å²) in [6.07, 6.45) is 0. The molecule has 178 valence electrons. The maximum absolute atomic E-state index is 15.7. The van der Waals surface area contributed by atoms with Crippen LogP contribution in [0.15, 0.2) is 152 Å². The van der Waals surface area contributed by atoms with E-state index in [2.05, 4.69) is 91.9 Å². The fraction of sp³-hybridized carbons (Fsp3) is 0.0909. The molecule has 0 bridgehead atoms. The van der Waals surface area contributed by atoms with E-state index in [0.717, 1.165) is 16.2 Å². The fourth-order valence-corrected chi connectivity index (χ4v) is 12.2. The van der Waals surface area contributed by atoms with Crippen LogP contribution in [0.3, 0.4) is 0 Å². The Balaban J connectivity index is 1.77. The summed E-state index contributed by atoms with van der Waals surface area (Å²) >= 11 is 0. The molecule has 0 saturated carbocycles. The average molecular weight is 505 g/mol. The van der Waals surface area contributed by atoms with Crippen molar-refractivity contribution in [2.75, 3.05) is 0 Å². The van der Waals surface area contributed by atoms with E-state index in [1.165, 1.54) is 10.6 Å². The Morgan fingerprint density at radius 2 is 0.833 bits per heavy atom. The van der Waals surface area contributed by atoms with Gasteiger partial charge in [0.15, 0.2) is 7.14 Å². The third kappa shape index (κ3) is 4.87. The first kappa shape index (κ1) is 24.5. The molecule has 0 amide bonds. The van der Waals surface area contributed by atoms with E-state index >= 15 is 4.57 Å². The van der Waals surface area contributed by atoms with Crippen molar-refractivity contribution in [2.24, 2.45) is 0 Å². The van der Waals surface area contributed by atoms with Crippen LogP contribution in [-0.4, -0.2) is 5.66 Å². The Morgan fingerprint density at radius 3 is 1.22 bits per heavy atom. The molecule has 0 aliphatic rings. The third-order valence-electron chi connectivity index (χ3n) is 6.75. The minimum atomic E-state index is -3.09. The molecule has 0 aliphatic heterocycles. The van der Waals surface area contributed by atoms with Crippen molar-refractivity contribution in [1.82, 2.24) is 0 Å². The molecular weight excluding hydrogens is 474 g/mol. The molecule has 0 heterocycles. The first-order valence-electron chi connectivity index (χ1n) is 12.3. The normalized spacial score (nSPS) is 13.3. The molecule has 36 heavy (non-hydrogen) atoms. The van der Waals surface area contributed by atoms with Crippen LogP contribution in [-0.2, 0) is 4.57 Å². The monoisotopic (exact) mass is 504 g/mol. The van der Waals surface area contributed by atoms with Gasteiger partial charge in [0, 0.05) is 10.6 Å². The van der Waals surface area contributed by atoms with Gasteiger partial charge in [0.1, 0.15) is 0 Å². The molecule has 0 N–H and O–H groups in total. The third-order valence-corrected chi connectivity index (χ3v) is 13.5. The highest BCUT2D eigenvalue weighted by atomic mass is 31.2. The zero-order valence-electron chi connectivity index (χ0n) is 20.4. The van der Waals surface area contributed by atoms with Crippen LogP contribution in [0, 0.1) is 0 Å².